The van der Waals surface area contributed by atoms with Crippen LogP contribution in [0.3, 0.4) is 0 Å². The third-order valence-corrected chi connectivity index (χ3v) is 3.58. The van der Waals surface area contributed by atoms with E-state index in [2.05, 4.69) is 26.3 Å². The molecule has 0 unspecified atom stereocenters. The molecular weight excluding hydrogens is 199 g/mol. The van der Waals surface area contributed by atoms with Gasteiger partial charge in [-0.3, -0.25) is 0 Å². The molecule has 0 nitrogen and oxygen atoms in total. The zero-order chi connectivity index (χ0) is 8.27. The second-order valence-corrected chi connectivity index (χ2v) is 6.10. The second-order valence-electron chi connectivity index (χ2n) is 2.70. The number of allylic oxidation sites excluding steroid dienone is 5. The van der Waals surface area contributed by atoms with Crippen LogP contribution in [-0.2, 0) is 0 Å². The van der Waals surface area contributed by atoms with Crippen LogP contribution < -0.4 is 0 Å². The van der Waals surface area contributed by atoms with E-state index < -0.39 is 0 Å². The molecule has 0 heterocycles. The molecule has 0 spiro atoms. The van der Waals surface area contributed by atoms with Crippen molar-refractivity contribution in [2.75, 3.05) is 0 Å². The van der Waals surface area contributed by atoms with Crippen LogP contribution in [0.1, 0.15) is 13.8 Å². The summed E-state index contributed by atoms with van der Waals surface area (Å²) < 4.78 is 1.33. The van der Waals surface area contributed by atoms with E-state index in [4.69, 9.17) is 6.58 Å². The maximum absolute atomic E-state index is 5.78. The van der Waals surface area contributed by atoms with E-state index in [1.165, 1.54) is 4.47 Å². The van der Waals surface area contributed by atoms with Crippen molar-refractivity contribution in [1.29, 1.82) is 0 Å². The van der Waals surface area contributed by atoms with Crippen LogP contribution in [0.15, 0.2) is 28.3 Å². The molecule has 1 aliphatic carbocycles. The van der Waals surface area contributed by atoms with Crippen molar-refractivity contribution in [3.05, 3.63) is 41.3 Å². The molecule has 0 radical (unpaired) electrons. The molecule has 0 fully saturated rings. The van der Waals surface area contributed by atoms with E-state index in [1.54, 1.807) is 0 Å². The molecule has 0 saturated heterocycles. The molecule has 0 bridgehead atoms. The van der Waals surface area contributed by atoms with Gasteiger partial charge < -0.3 is 0 Å². The van der Waals surface area contributed by atoms with Gasteiger partial charge in [-0.05, 0) is 0 Å². The van der Waals surface area contributed by atoms with Crippen molar-refractivity contribution in [2.24, 2.45) is 0 Å². The minimum absolute atomic E-state index is 0.533. The molecule has 0 atom stereocenters. The number of hydrogen-bond acceptors (Lipinski definition) is 0. The normalized spacial score (nSPS) is 16.5. The molecule has 0 aromatic rings. The van der Waals surface area contributed by atoms with Crippen molar-refractivity contribution in [2.45, 2.75) is 18.7 Å². The Bertz CT molecular complexity index is 209. The molecule has 1 heteroatoms. The molecule has 0 amide bonds. The summed E-state index contributed by atoms with van der Waals surface area (Å²) in [5.74, 6) is 0. The van der Waals surface area contributed by atoms with Crippen LogP contribution in [0.25, 0.3) is 0 Å². The first-order chi connectivity index (χ1) is 5.20. The molecule has 0 N–H and O–H groups in total. The summed E-state index contributed by atoms with van der Waals surface area (Å²) in [5, 5.41) is 0. The summed E-state index contributed by atoms with van der Waals surface area (Å²) in [4.78, 5) is 0.743. The predicted octanol–water partition coefficient (Wildman–Crippen LogP) is 2.54. The molecule has 0 saturated carbocycles. The Balaban J connectivity index is 2.57. The Kier molecular flexibility index (Phi) is 2.96. The van der Waals surface area contributed by atoms with Crippen molar-refractivity contribution in [3.63, 3.8) is 0 Å². The molecule has 0 aliphatic heterocycles. The minimum atomic E-state index is 0.533. The Morgan fingerprint density at radius 3 is 2.82 bits per heavy atom. The summed E-state index contributed by atoms with van der Waals surface area (Å²) in [5.41, 5.74) is 0.946. The second kappa shape index (κ2) is 3.78. The average molecular weight is 211 g/mol. The average Bonchev–Trinajstić information content (AvgIpc) is 1.93. The third-order valence-electron chi connectivity index (χ3n) is 1.28. The van der Waals surface area contributed by atoms with E-state index in [9.17, 15) is 0 Å². The molecule has 1 aliphatic rings. The predicted molar refractivity (Wildman–Crippen MR) is 50.2 cm³/mol. The summed E-state index contributed by atoms with van der Waals surface area (Å²) >= 11 is 0.533. The van der Waals surface area contributed by atoms with Gasteiger partial charge in [-0.1, -0.05) is 0 Å². The molecule has 0 aromatic carbocycles. The van der Waals surface area contributed by atoms with Gasteiger partial charge in [0.05, 0.1) is 0 Å². The SMILES string of the molecule is [CH+]=C1C=C[CH-]C=C1[Se]C(C)C. The van der Waals surface area contributed by atoms with Gasteiger partial charge in [0.2, 0.25) is 0 Å². The fourth-order valence-electron chi connectivity index (χ4n) is 0.842. The Morgan fingerprint density at radius 2 is 2.27 bits per heavy atom. The van der Waals surface area contributed by atoms with Crippen LogP contribution in [0.4, 0.5) is 0 Å². The zero-order valence-corrected chi connectivity index (χ0v) is 8.59. The van der Waals surface area contributed by atoms with E-state index in [0.29, 0.717) is 15.0 Å². The fourth-order valence-corrected chi connectivity index (χ4v) is 2.67. The van der Waals surface area contributed by atoms with Gasteiger partial charge in [-0.25, -0.2) is 0 Å². The van der Waals surface area contributed by atoms with Crippen LogP contribution in [-0.4, -0.2) is 15.0 Å². The van der Waals surface area contributed by atoms with E-state index in [1.807, 2.05) is 12.2 Å². The monoisotopic (exact) mass is 212 g/mol. The Morgan fingerprint density at radius 1 is 1.55 bits per heavy atom. The Hall–Kier alpha value is -0.481. The topological polar surface area (TPSA) is 0 Å². The van der Waals surface area contributed by atoms with Crippen molar-refractivity contribution >= 4 is 15.0 Å². The molecular formula is C10H12Se. The fraction of sp³-hybridized carbons (Fsp3) is 0.300. The number of rotatable bonds is 2. The number of hydrogen-bond donors (Lipinski definition) is 0. The van der Waals surface area contributed by atoms with Crippen LogP contribution >= 0.6 is 0 Å². The summed E-state index contributed by atoms with van der Waals surface area (Å²) in [6.07, 6.45) is 8.12. The van der Waals surface area contributed by atoms with Crippen LogP contribution in [0.5, 0.6) is 0 Å². The van der Waals surface area contributed by atoms with Crippen molar-refractivity contribution < 1.29 is 0 Å². The molecule has 1 rings (SSSR count). The van der Waals surface area contributed by atoms with Gasteiger partial charge in [-0.2, -0.15) is 0 Å². The van der Waals surface area contributed by atoms with Gasteiger partial charge in [0.1, 0.15) is 0 Å². The standard InChI is InChI=1S/C10H12Se/c1-8(2)11-10-7-5-4-6-9(10)3/h3-8H,1-2H3. The summed E-state index contributed by atoms with van der Waals surface area (Å²) in [6.45, 7) is 10.2. The van der Waals surface area contributed by atoms with Gasteiger partial charge in [-0.15, -0.1) is 0 Å². The van der Waals surface area contributed by atoms with Crippen molar-refractivity contribution in [1.82, 2.24) is 0 Å². The van der Waals surface area contributed by atoms with Gasteiger partial charge in [0, 0.05) is 0 Å². The quantitative estimate of drug-likeness (QED) is 0.486. The maximum atomic E-state index is 5.78. The first kappa shape index (κ1) is 8.61. The molecule has 58 valence electrons. The zero-order valence-electron chi connectivity index (χ0n) is 6.87. The third kappa shape index (κ3) is 2.55. The Labute approximate surface area is 75.2 Å². The summed E-state index contributed by atoms with van der Waals surface area (Å²) in [6, 6.07) is 0. The van der Waals surface area contributed by atoms with E-state index in [-0.39, 0.29) is 0 Å². The van der Waals surface area contributed by atoms with E-state index in [0.717, 1.165) is 10.4 Å². The van der Waals surface area contributed by atoms with Gasteiger partial charge in [0.15, 0.2) is 0 Å². The van der Waals surface area contributed by atoms with Crippen molar-refractivity contribution in [3.8, 4) is 0 Å². The molecule has 0 aromatic heterocycles. The first-order valence-corrected chi connectivity index (χ1v) is 5.56. The van der Waals surface area contributed by atoms with Crippen LogP contribution in [0, 0.1) is 13.0 Å². The molecule has 11 heavy (non-hydrogen) atoms. The van der Waals surface area contributed by atoms with Gasteiger partial charge >= 0.3 is 74.9 Å². The van der Waals surface area contributed by atoms with Crippen LogP contribution in [0.2, 0.25) is 4.82 Å². The summed E-state index contributed by atoms with van der Waals surface area (Å²) in [7, 11) is 0. The first-order valence-electron chi connectivity index (χ1n) is 3.71. The van der Waals surface area contributed by atoms with E-state index >= 15 is 0 Å². The van der Waals surface area contributed by atoms with Gasteiger partial charge in [0.25, 0.3) is 0 Å².